The van der Waals surface area contributed by atoms with Crippen molar-refractivity contribution in [1.82, 2.24) is 4.98 Å². The third-order valence-electron chi connectivity index (χ3n) is 3.01. The average Bonchev–Trinajstić information content (AvgIpc) is 2.86. The number of sulfone groups is 1. The number of halogens is 1. The predicted octanol–water partition coefficient (Wildman–Crippen LogP) is 1.75. The fourth-order valence-electron chi connectivity index (χ4n) is 2.03. The lowest BCUT2D eigenvalue weighted by Crippen LogP contribution is -2.49. The molecular weight excluding hydrogens is 348 g/mol. The number of hydrogen-bond donors (Lipinski definition) is 0. The Kier molecular flexibility index (Phi) is 3.75. The monoisotopic (exact) mass is 356 g/mol. The Balaban J connectivity index is 1.92. The number of aromatic nitrogens is 1. The molecule has 0 N–H and O–H groups in total. The molecule has 1 aliphatic heterocycles. The molecule has 0 atom stereocenters. The molecule has 0 radical (unpaired) electrons. The number of hydrogen-bond acceptors (Lipinski definition) is 6. The van der Waals surface area contributed by atoms with Crippen molar-refractivity contribution in [3.63, 3.8) is 0 Å². The van der Waals surface area contributed by atoms with Gasteiger partial charge in [0.2, 0.25) is 0 Å². The van der Waals surface area contributed by atoms with Gasteiger partial charge in [-0.1, -0.05) is 23.7 Å². The first kappa shape index (κ1) is 15.1. The Bertz CT molecular complexity index is 834. The summed E-state index contributed by atoms with van der Waals surface area (Å²) in [4.78, 5) is 28.9. The first-order valence-electron chi connectivity index (χ1n) is 6.13. The zero-order chi connectivity index (χ0) is 15.9. The molecule has 1 aromatic carbocycles. The second kappa shape index (κ2) is 5.45. The summed E-state index contributed by atoms with van der Waals surface area (Å²) in [5, 5.41) is 2.46. The van der Waals surface area contributed by atoms with Crippen LogP contribution in [-0.4, -0.2) is 36.7 Å². The standard InChI is InChI=1S/C13H9ClN2O4S2/c14-9-3-1-8(2-4-9)10-5-21-13(15-10)16-11(17)6-22(19,20)7-12(16)18/h1-5H,6-7H2. The molecule has 0 bridgehead atoms. The Morgan fingerprint density at radius 3 is 2.27 bits per heavy atom. The molecule has 22 heavy (non-hydrogen) atoms. The Hall–Kier alpha value is -1.77. The number of imide groups is 1. The highest BCUT2D eigenvalue weighted by Gasteiger charge is 2.38. The summed E-state index contributed by atoms with van der Waals surface area (Å²) >= 11 is 6.93. The van der Waals surface area contributed by atoms with E-state index in [0.29, 0.717) is 10.7 Å². The summed E-state index contributed by atoms with van der Waals surface area (Å²) in [5.41, 5.74) is 1.38. The van der Waals surface area contributed by atoms with Crippen molar-refractivity contribution in [3.8, 4) is 11.3 Å². The summed E-state index contributed by atoms with van der Waals surface area (Å²) in [6.45, 7) is 0. The van der Waals surface area contributed by atoms with E-state index in [0.717, 1.165) is 21.8 Å². The van der Waals surface area contributed by atoms with E-state index in [1.807, 2.05) is 0 Å². The highest BCUT2D eigenvalue weighted by Crippen LogP contribution is 2.29. The SMILES string of the molecule is O=C1CS(=O)(=O)CC(=O)N1c1nc(-c2ccc(Cl)cc2)cs1. The second-order valence-electron chi connectivity index (χ2n) is 4.68. The van der Waals surface area contributed by atoms with Crippen LogP contribution in [-0.2, 0) is 19.4 Å². The van der Waals surface area contributed by atoms with Crippen LogP contribution in [0.2, 0.25) is 5.02 Å². The van der Waals surface area contributed by atoms with E-state index in [4.69, 9.17) is 11.6 Å². The summed E-state index contributed by atoms with van der Waals surface area (Å²) in [6, 6.07) is 6.95. The van der Waals surface area contributed by atoms with Crippen LogP contribution < -0.4 is 4.90 Å². The van der Waals surface area contributed by atoms with Crippen LogP contribution in [0.1, 0.15) is 0 Å². The van der Waals surface area contributed by atoms with Gasteiger partial charge in [0.15, 0.2) is 15.0 Å². The molecule has 3 rings (SSSR count). The maximum Gasteiger partial charge on any atom is 0.250 e. The van der Waals surface area contributed by atoms with Crippen LogP contribution in [0.15, 0.2) is 29.6 Å². The summed E-state index contributed by atoms with van der Waals surface area (Å²) in [7, 11) is -3.65. The van der Waals surface area contributed by atoms with Gasteiger partial charge in [-0.15, -0.1) is 11.3 Å². The van der Waals surface area contributed by atoms with Gasteiger partial charge in [0, 0.05) is 16.0 Å². The lowest BCUT2D eigenvalue weighted by molar-refractivity contribution is -0.124. The minimum atomic E-state index is -3.65. The lowest BCUT2D eigenvalue weighted by atomic mass is 10.2. The van der Waals surface area contributed by atoms with Crippen molar-refractivity contribution < 1.29 is 18.0 Å². The summed E-state index contributed by atoms with van der Waals surface area (Å²) < 4.78 is 22.8. The molecule has 2 amide bonds. The molecule has 0 saturated carbocycles. The molecule has 1 aliphatic rings. The fraction of sp³-hybridized carbons (Fsp3) is 0.154. The molecule has 1 saturated heterocycles. The molecule has 2 aromatic rings. The number of thiazole rings is 1. The van der Waals surface area contributed by atoms with Gasteiger partial charge in [-0.3, -0.25) is 9.59 Å². The van der Waals surface area contributed by atoms with Crippen molar-refractivity contribution in [1.29, 1.82) is 0 Å². The molecule has 0 unspecified atom stereocenters. The topological polar surface area (TPSA) is 84.4 Å². The van der Waals surface area contributed by atoms with E-state index in [-0.39, 0.29) is 5.13 Å². The molecule has 114 valence electrons. The van der Waals surface area contributed by atoms with Gasteiger partial charge in [0.25, 0.3) is 11.8 Å². The van der Waals surface area contributed by atoms with E-state index in [9.17, 15) is 18.0 Å². The third-order valence-corrected chi connectivity index (χ3v) is 5.46. The molecule has 2 heterocycles. The molecule has 6 nitrogen and oxygen atoms in total. The van der Waals surface area contributed by atoms with Crippen LogP contribution in [0.5, 0.6) is 0 Å². The summed E-state index contributed by atoms with van der Waals surface area (Å²) in [6.07, 6.45) is 0. The van der Waals surface area contributed by atoms with E-state index >= 15 is 0 Å². The Morgan fingerprint density at radius 2 is 1.68 bits per heavy atom. The normalized spacial score (nSPS) is 17.8. The highest BCUT2D eigenvalue weighted by atomic mass is 35.5. The van der Waals surface area contributed by atoms with Crippen LogP contribution in [0.4, 0.5) is 5.13 Å². The van der Waals surface area contributed by atoms with Gasteiger partial charge in [0.05, 0.1) is 5.69 Å². The second-order valence-corrected chi connectivity index (χ2v) is 8.01. The number of anilines is 1. The predicted molar refractivity (Wildman–Crippen MR) is 83.7 cm³/mol. The van der Waals surface area contributed by atoms with Gasteiger partial charge in [-0.2, -0.15) is 0 Å². The average molecular weight is 357 g/mol. The first-order chi connectivity index (χ1) is 10.4. The van der Waals surface area contributed by atoms with E-state index < -0.39 is 33.2 Å². The van der Waals surface area contributed by atoms with Crippen molar-refractivity contribution in [2.75, 3.05) is 16.4 Å². The molecule has 9 heteroatoms. The highest BCUT2D eigenvalue weighted by molar-refractivity contribution is 7.93. The summed E-state index contributed by atoms with van der Waals surface area (Å²) in [5.74, 6) is -2.88. The molecule has 1 fully saturated rings. The maximum atomic E-state index is 11.9. The maximum absolute atomic E-state index is 11.9. The molecule has 1 aromatic heterocycles. The number of carbonyl (C=O) groups excluding carboxylic acids is 2. The molecule has 0 aliphatic carbocycles. The van der Waals surface area contributed by atoms with Crippen LogP contribution in [0.3, 0.4) is 0 Å². The minimum Gasteiger partial charge on any atom is -0.273 e. The van der Waals surface area contributed by atoms with Crippen molar-refractivity contribution >= 4 is 49.7 Å². The molecular formula is C13H9ClN2O4S2. The van der Waals surface area contributed by atoms with Crippen LogP contribution in [0.25, 0.3) is 11.3 Å². The minimum absolute atomic E-state index is 0.176. The van der Waals surface area contributed by atoms with E-state index in [2.05, 4.69) is 4.98 Å². The largest absolute Gasteiger partial charge is 0.273 e. The van der Waals surface area contributed by atoms with Crippen molar-refractivity contribution in [2.45, 2.75) is 0 Å². The van der Waals surface area contributed by atoms with E-state index in [1.54, 1.807) is 29.6 Å². The third kappa shape index (κ3) is 2.90. The van der Waals surface area contributed by atoms with Crippen molar-refractivity contribution in [3.05, 3.63) is 34.7 Å². The fourth-order valence-corrected chi connectivity index (χ4v) is 4.13. The van der Waals surface area contributed by atoms with Gasteiger partial charge in [-0.05, 0) is 12.1 Å². The lowest BCUT2D eigenvalue weighted by Gasteiger charge is -2.22. The number of rotatable bonds is 2. The van der Waals surface area contributed by atoms with Crippen LogP contribution in [0, 0.1) is 0 Å². The van der Waals surface area contributed by atoms with Gasteiger partial charge >= 0.3 is 0 Å². The smallest absolute Gasteiger partial charge is 0.250 e. The number of benzene rings is 1. The Labute approximate surface area is 135 Å². The zero-order valence-corrected chi connectivity index (χ0v) is 13.4. The van der Waals surface area contributed by atoms with Gasteiger partial charge in [0.1, 0.15) is 11.5 Å². The van der Waals surface area contributed by atoms with Gasteiger partial charge < -0.3 is 0 Å². The van der Waals surface area contributed by atoms with Crippen LogP contribution >= 0.6 is 22.9 Å². The number of amides is 2. The zero-order valence-electron chi connectivity index (χ0n) is 11.0. The first-order valence-corrected chi connectivity index (χ1v) is 9.21. The number of nitrogens with zero attached hydrogens (tertiary/aromatic N) is 2. The quantitative estimate of drug-likeness (QED) is 0.765. The van der Waals surface area contributed by atoms with Crippen molar-refractivity contribution in [2.24, 2.45) is 0 Å². The molecule has 0 spiro atoms. The van der Waals surface area contributed by atoms with Gasteiger partial charge in [-0.25, -0.2) is 18.3 Å². The number of carbonyl (C=O) groups is 2. The Morgan fingerprint density at radius 1 is 1.09 bits per heavy atom. The van der Waals surface area contributed by atoms with E-state index in [1.165, 1.54) is 0 Å².